The van der Waals surface area contributed by atoms with E-state index in [1.54, 1.807) is 6.07 Å². The van der Waals surface area contributed by atoms with Crippen LogP contribution in [0.15, 0.2) is 18.2 Å². The van der Waals surface area contributed by atoms with Crippen molar-refractivity contribution in [1.82, 2.24) is 5.32 Å². The number of hydrogen-bond acceptors (Lipinski definition) is 2. The van der Waals surface area contributed by atoms with Crippen LogP contribution < -0.4 is 5.32 Å². The predicted octanol–water partition coefficient (Wildman–Crippen LogP) is 3.72. The van der Waals surface area contributed by atoms with E-state index in [2.05, 4.69) is 5.32 Å². The summed E-state index contributed by atoms with van der Waals surface area (Å²) in [5.41, 5.74) is 1.17. The fraction of sp³-hybridized carbons (Fsp3) is 0.400. The van der Waals surface area contributed by atoms with Crippen LogP contribution in [0.25, 0.3) is 0 Å². The fourth-order valence-electron chi connectivity index (χ4n) is 1.51. The van der Waals surface area contributed by atoms with Gasteiger partial charge in [-0.05, 0) is 42.5 Å². The zero-order chi connectivity index (χ0) is 9.97. The van der Waals surface area contributed by atoms with Crippen LogP contribution in [0.2, 0.25) is 10.0 Å². The molecule has 0 aliphatic carbocycles. The van der Waals surface area contributed by atoms with Crippen molar-refractivity contribution in [2.75, 3.05) is 12.3 Å². The lowest BCUT2D eigenvalue weighted by atomic mass is 10.2. The third-order valence-electron chi connectivity index (χ3n) is 2.12. The Morgan fingerprint density at radius 3 is 2.50 bits per heavy atom. The number of thioether (sulfide) groups is 1. The number of nitrogens with one attached hydrogen (secondary N) is 1. The Bertz CT molecular complexity index is 304. The maximum Gasteiger partial charge on any atom is 0.0790 e. The number of benzene rings is 1. The molecular weight excluding hydrogens is 237 g/mol. The largest absolute Gasteiger partial charge is 0.302 e. The normalized spacial score (nSPS) is 22.3. The summed E-state index contributed by atoms with van der Waals surface area (Å²) in [6, 6.07) is 5.72. The molecule has 76 valence electrons. The minimum absolute atomic E-state index is 0.347. The van der Waals surface area contributed by atoms with Crippen LogP contribution in [-0.4, -0.2) is 12.3 Å². The zero-order valence-corrected chi connectivity index (χ0v) is 9.92. The summed E-state index contributed by atoms with van der Waals surface area (Å²) in [7, 11) is 0. The van der Waals surface area contributed by atoms with Crippen molar-refractivity contribution in [3.8, 4) is 0 Å². The van der Waals surface area contributed by atoms with Crippen LogP contribution in [0.5, 0.6) is 0 Å². The van der Waals surface area contributed by atoms with Crippen LogP contribution in [-0.2, 0) is 0 Å². The Balaban J connectivity index is 2.21. The maximum atomic E-state index is 5.95. The summed E-state index contributed by atoms with van der Waals surface area (Å²) < 4.78 is 0. The molecule has 0 spiro atoms. The van der Waals surface area contributed by atoms with Gasteiger partial charge in [-0.25, -0.2) is 0 Å². The molecule has 2 rings (SSSR count). The van der Waals surface area contributed by atoms with E-state index in [1.807, 2.05) is 23.9 Å². The van der Waals surface area contributed by atoms with Gasteiger partial charge in [-0.15, -0.1) is 11.8 Å². The van der Waals surface area contributed by atoms with E-state index < -0.39 is 0 Å². The van der Waals surface area contributed by atoms with Gasteiger partial charge in [0.05, 0.1) is 5.37 Å². The Kier molecular flexibility index (Phi) is 3.61. The summed E-state index contributed by atoms with van der Waals surface area (Å²) in [4.78, 5) is 0. The second-order valence-electron chi connectivity index (χ2n) is 3.26. The lowest BCUT2D eigenvalue weighted by Crippen LogP contribution is -2.25. The third-order valence-corrected chi connectivity index (χ3v) is 3.86. The quantitative estimate of drug-likeness (QED) is 0.812. The molecule has 0 saturated carbocycles. The van der Waals surface area contributed by atoms with Crippen LogP contribution in [0.3, 0.4) is 0 Å². The molecule has 0 bridgehead atoms. The smallest absolute Gasteiger partial charge is 0.0790 e. The summed E-state index contributed by atoms with van der Waals surface area (Å²) in [6.45, 7) is 1.07. The average molecular weight is 248 g/mol. The first kappa shape index (κ1) is 10.6. The van der Waals surface area contributed by atoms with E-state index in [4.69, 9.17) is 23.2 Å². The molecule has 0 amide bonds. The number of halogens is 2. The minimum Gasteiger partial charge on any atom is -0.302 e. The fourth-order valence-corrected chi connectivity index (χ4v) is 3.16. The molecule has 1 aliphatic heterocycles. The van der Waals surface area contributed by atoms with Gasteiger partial charge in [-0.2, -0.15) is 0 Å². The van der Waals surface area contributed by atoms with E-state index in [0.29, 0.717) is 15.4 Å². The lowest BCUT2D eigenvalue weighted by molar-refractivity contribution is 0.643. The van der Waals surface area contributed by atoms with Crippen LogP contribution in [0.1, 0.15) is 17.4 Å². The molecule has 4 heteroatoms. The average Bonchev–Trinajstić information content (AvgIpc) is 2.18. The maximum absolute atomic E-state index is 5.95. The van der Waals surface area contributed by atoms with Crippen LogP contribution in [0.4, 0.5) is 0 Å². The van der Waals surface area contributed by atoms with Gasteiger partial charge in [-0.3, -0.25) is 0 Å². The van der Waals surface area contributed by atoms with E-state index in [-0.39, 0.29) is 0 Å². The first-order valence-electron chi connectivity index (χ1n) is 4.57. The molecule has 1 aromatic carbocycles. The number of rotatable bonds is 1. The van der Waals surface area contributed by atoms with Gasteiger partial charge in [0.2, 0.25) is 0 Å². The molecule has 1 fully saturated rings. The summed E-state index contributed by atoms with van der Waals surface area (Å²) in [5.74, 6) is 1.20. The van der Waals surface area contributed by atoms with Crippen molar-refractivity contribution >= 4 is 35.0 Å². The van der Waals surface area contributed by atoms with Crippen molar-refractivity contribution < 1.29 is 0 Å². The molecule has 1 aliphatic rings. The van der Waals surface area contributed by atoms with Crippen molar-refractivity contribution in [3.05, 3.63) is 33.8 Å². The van der Waals surface area contributed by atoms with Gasteiger partial charge in [0.15, 0.2) is 0 Å². The first-order chi connectivity index (χ1) is 6.75. The Morgan fingerprint density at radius 2 is 1.93 bits per heavy atom. The van der Waals surface area contributed by atoms with Crippen molar-refractivity contribution in [2.45, 2.75) is 11.8 Å². The minimum atomic E-state index is 0.347. The molecule has 1 atom stereocenters. The van der Waals surface area contributed by atoms with Crippen molar-refractivity contribution in [1.29, 1.82) is 0 Å². The second-order valence-corrected chi connectivity index (χ2v) is 5.35. The molecule has 1 aromatic rings. The second kappa shape index (κ2) is 4.75. The SMILES string of the molecule is Clc1cc(Cl)cc(C2NCCCS2)c1. The molecule has 1 saturated heterocycles. The van der Waals surface area contributed by atoms with E-state index in [0.717, 1.165) is 6.54 Å². The van der Waals surface area contributed by atoms with Crippen molar-refractivity contribution in [3.63, 3.8) is 0 Å². The monoisotopic (exact) mass is 247 g/mol. The molecular formula is C10H11Cl2NS. The highest BCUT2D eigenvalue weighted by Crippen LogP contribution is 2.32. The highest BCUT2D eigenvalue weighted by Gasteiger charge is 2.15. The topological polar surface area (TPSA) is 12.0 Å². The zero-order valence-electron chi connectivity index (χ0n) is 7.59. The van der Waals surface area contributed by atoms with E-state index in [9.17, 15) is 0 Å². The summed E-state index contributed by atoms with van der Waals surface area (Å²) >= 11 is 13.8. The highest BCUT2D eigenvalue weighted by atomic mass is 35.5. The lowest BCUT2D eigenvalue weighted by Gasteiger charge is -2.23. The standard InChI is InChI=1S/C10H11Cl2NS/c11-8-4-7(5-9(12)6-8)10-13-2-1-3-14-10/h4-6,10,13H,1-3H2. The third kappa shape index (κ3) is 2.57. The van der Waals surface area contributed by atoms with Crippen LogP contribution in [0, 0.1) is 0 Å². The highest BCUT2D eigenvalue weighted by molar-refractivity contribution is 7.99. The predicted molar refractivity (Wildman–Crippen MR) is 64.3 cm³/mol. The van der Waals surface area contributed by atoms with Gasteiger partial charge in [-0.1, -0.05) is 23.2 Å². The molecule has 1 heterocycles. The van der Waals surface area contributed by atoms with Crippen LogP contribution >= 0.6 is 35.0 Å². The molecule has 1 N–H and O–H groups in total. The van der Waals surface area contributed by atoms with Crippen molar-refractivity contribution in [2.24, 2.45) is 0 Å². The van der Waals surface area contributed by atoms with E-state index >= 15 is 0 Å². The Hall–Kier alpha value is 0.110. The van der Waals surface area contributed by atoms with Gasteiger partial charge in [0.25, 0.3) is 0 Å². The summed E-state index contributed by atoms with van der Waals surface area (Å²) in [6.07, 6.45) is 1.23. The van der Waals surface area contributed by atoms with E-state index in [1.165, 1.54) is 17.7 Å². The Labute approximate surface area is 98.2 Å². The summed E-state index contributed by atoms with van der Waals surface area (Å²) in [5, 5.41) is 5.20. The molecule has 0 radical (unpaired) electrons. The van der Waals surface area contributed by atoms with Gasteiger partial charge in [0.1, 0.15) is 0 Å². The number of hydrogen-bond donors (Lipinski definition) is 1. The first-order valence-corrected chi connectivity index (χ1v) is 6.37. The van der Waals surface area contributed by atoms with Gasteiger partial charge in [0, 0.05) is 10.0 Å². The molecule has 0 aromatic heterocycles. The molecule has 14 heavy (non-hydrogen) atoms. The molecule has 1 unspecified atom stereocenters. The van der Waals surface area contributed by atoms with Gasteiger partial charge >= 0.3 is 0 Å². The molecule has 1 nitrogen and oxygen atoms in total. The van der Waals surface area contributed by atoms with Gasteiger partial charge < -0.3 is 5.32 Å². The Morgan fingerprint density at radius 1 is 1.21 bits per heavy atom.